The summed E-state index contributed by atoms with van der Waals surface area (Å²) in [4.78, 5) is 4.84. The Morgan fingerprint density at radius 3 is 1.58 bits per heavy atom. The molecule has 0 bridgehead atoms. The van der Waals surface area contributed by atoms with Gasteiger partial charge < -0.3 is 9.80 Å². The zero-order valence-electron chi connectivity index (χ0n) is 44.0. The van der Waals surface area contributed by atoms with Gasteiger partial charge in [-0.1, -0.05) is 163 Å². The molecular formula is C58H63BN2S. The molecule has 0 amide bonds. The molecule has 7 aromatic rings. The fourth-order valence-electron chi connectivity index (χ4n) is 10.3. The summed E-state index contributed by atoms with van der Waals surface area (Å²) in [6.45, 7) is 29.8. The van der Waals surface area contributed by atoms with Gasteiger partial charge in [0.2, 0.25) is 0 Å². The second-order valence-corrected chi connectivity index (χ2v) is 23.7. The van der Waals surface area contributed by atoms with E-state index in [1.54, 1.807) is 0 Å². The lowest BCUT2D eigenvalue weighted by molar-refractivity contribution is 0.332. The zero-order chi connectivity index (χ0) is 48.2. The summed E-state index contributed by atoms with van der Waals surface area (Å²) >= 11 is 1.82. The number of nitrogens with zero attached hydrogens (tertiary/aromatic N) is 2. The van der Waals surface area contributed by atoms with Crippen LogP contribution in [0, 0.1) is 0 Å². The molecule has 1 aliphatic carbocycles. The summed E-state index contributed by atoms with van der Waals surface area (Å²) in [5.74, 6) is 0. The Kier molecular flexibility index (Phi) is 7.84. The molecule has 0 unspecified atom stereocenters. The van der Waals surface area contributed by atoms with Crippen molar-refractivity contribution in [2.45, 2.75) is 130 Å². The average Bonchev–Trinajstić information content (AvgIpc) is 3.64. The Bertz CT molecular complexity index is 3170. The van der Waals surface area contributed by atoms with E-state index in [0.29, 0.717) is 5.56 Å². The fourth-order valence-corrected chi connectivity index (χ4v) is 11.6. The third kappa shape index (κ3) is 6.49. The monoisotopic (exact) mass is 836 g/mol. The second kappa shape index (κ2) is 13.7. The van der Waals surface area contributed by atoms with E-state index in [-0.39, 0.29) is 63.5 Å². The second-order valence-electron chi connectivity index (χ2n) is 22.6. The van der Waals surface area contributed by atoms with Gasteiger partial charge in [-0.25, -0.2) is 0 Å². The van der Waals surface area contributed by atoms with Crippen LogP contribution in [0.1, 0.15) is 138 Å². The molecule has 6 aromatic carbocycles. The van der Waals surface area contributed by atoms with Crippen LogP contribution in [0.4, 0.5) is 33.4 Å². The van der Waals surface area contributed by atoms with E-state index in [4.69, 9.17) is 4.11 Å². The van der Waals surface area contributed by atoms with Gasteiger partial charge in [0.25, 0.3) is 6.71 Å². The molecular weight excluding hydrogens is 768 g/mol. The molecule has 10 rings (SSSR count). The van der Waals surface area contributed by atoms with Gasteiger partial charge in [0.1, 0.15) is 0 Å². The summed E-state index contributed by atoms with van der Waals surface area (Å²) in [7, 11) is 0. The highest BCUT2D eigenvalue weighted by atomic mass is 32.1. The maximum absolute atomic E-state index is 9.35. The van der Waals surface area contributed by atoms with E-state index in [9.17, 15) is 2.74 Å². The molecule has 0 spiro atoms. The van der Waals surface area contributed by atoms with Crippen molar-refractivity contribution in [2.24, 2.45) is 0 Å². The van der Waals surface area contributed by atoms with E-state index in [2.05, 4.69) is 191 Å². The van der Waals surface area contributed by atoms with Crippen molar-refractivity contribution in [1.82, 2.24) is 0 Å². The SMILES string of the molecule is [2H]c1c([2H])c([2H])c(-c2cc3c4c(c2)N(c2ccc(C(C)(C)C)cc2)c2sc5ccc(C(C)(C)C)cc5c2B4c2cc4c(cc2N3c2ccc(C(C)(C)C)cc2)C(C)(C)CCC4(C)C)c([2H])c1[2H]. The number of fused-ring (bicyclic) bond motifs is 7. The van der Waals surface area contributed by atoms with Crippen molar-refractivity contribution in [3.05, 3.63) is 149 Å². The molecule has 2 nitrogen and oxygen atoms in total. The Labute approximate surface area is 383 Å². The van der Waals surface area contributed by atoms with Gasteiger partial charge in [-0.2, -0.15) is 0 Å². The first-order chi connectivity index (χ1) is 31.2. The minimum Gasteiger partial charge on any atom is -0.311 e. The standard InChI is InChI=1S/C58H63BN2S/c1-54(2,3)38-19-24-41(25-20-38)60-47-35-45-44(57(10,11)29-30-58(45,12)13)34-46(47)59-51-43-33-40(56(7,8)9)23-28-50(43)62-53(51)61(42-26-21-39(22-27-42)55(4,5)6)49-32-37(31-48(60)52(49)59)36-17-15-14-16-18-36/h14-28,31-35H,29-30H2,1-13H3/i14D,15D,16D,17D,18D. The Balaban J connectivity index is 1.40. The van der Waals surface area contributed by atoms with Crippen molar-refractivity contribution >= 4 is 78.0 Å². The summed E-state index contributed by atoms with van der Waals surface area (Å²) in [6.07, 6.45) is 2.17. The van der Waals surface area contributed by atoms with Gasteiger partial charge in [0, 0.05) is 33.1 Å². The zero-order valence-corrected chi connectivity index (χ0v) is 39.8. The molecule has 3 heterocycles. The van der Waals surface area contributed by atoms with Crippen molar-refractivity contribution in [1.29, 1.82) is 0 Å². The normalized spacial score (nSPS) is 17.6. The molecule has 0 saturated heterocycles. The maximum Gasteiger partial charge on any atom is 0.254 e. The predicted molar refractivity (Wildman–Crippen MR) is 273 cm³/mol. The minimum absolute atomic E-state index is 0.0402. The number of hydrogen-bond donors (Lipinski definition) is 0. The van der Waals surface area contributed by atoms with E-state index in [1.807, 2.05) is 11.3 Å². The summed E-state index contributed by atoms with van der Waals surface area (Å²) in [5, 5.41) is 2.39. The third-order valence-electron chi connectivity index (χ3n) is 14.3. The van der Waals surface area contributed by atoms with Crippen LogP contribution in [-0.4, -0.2) is 6.71 Å². The lowest BCUT2D eigenvalue weighted by Crippen LogP contribution is -2.61. The van der Waals surface area contributed by atoms with E-state index >= 15 is 0 Å². The highest BCUT2D eigenvalue weighted by Gasteiger charge is 2.48. The maximum atomic E-state index is 9.35. The lowest BCUT2D eigenvalue weighted by Gasteiger charge is -2.47. The van der Waals surface area contributed by atoms with Gasteiger partial charge in [0.15, 0.2) is 0 Å². The summed E-state index contributed by atoms with van der Waals surface area (Å²) < 4.78 is 46.2. The highest BCUT2D eigenvalue weighted by Crippen LogP contribution is 2.52. The molecule has 3 aliphatic rings. The van der Waals surface area contributed by atoms with Gasteiger partial charge in [-0.3, -0.25) is 0 Å². The molecule has 0 atom stereocenters. The minimum atomic E-state index is -0.395. The lowest BCUT2D eigenvalue weighted by atomic mass is 9.33. The van der Waals surface area contributed by atoms with E-state index < -0.39 is 6.04 Å². The molecule has 0 saturated carbocycles. The van der Waals surface area contributed by atoms with Crippen LogP contribution in [0.25, 0.3) is 21.2 Å². The van der Waals surface area contributed by atoms with Crippen LogP contribution in [0.2, 0.25) is 0 Å². The first-order valence-corrected chi connectivity index (χ1v) is 23.3. The van der Waals surface area contributed by atoms with Gasteiger partial charge in [-0.15, -0.1) is 11.3 Å². The first-order valence-electron chi connectivity index (χ1n) is 25.0. The topological polar surface area (TPSA) is 6.48 Å². The van der Waals surface area contributed by atoms with Crippen LogP contribution in [0.15, 0.2) is 121 Å². The van der Waals surface area contributed by atoms with E-state index in [0.717, 1.165) is 51.7 Å². The van der Waals surface area contributed by atoms with Crippen molar-refractivity contribution in [2.75, 3.05) is 9.80 Å². The number of thiophene rings is 1. The quantitative estimate of drug-likeness (QED) is 0.164. The van der Waals surface area contributed by atoms with Crippen molar-refractivity contribution in [3.8, 4) is 11.1 Å². The molecule has 1 aromatic heterocycles. The van der Waals surface area contributed by atoms with Crippen LogP contribution in [-0.2, 0) is 27.1 Å². The summed E-state index contributed by atoms with van der Waals surface area (Å²) in [6, 6.07) is 32.8. The van der Waals surface area contributed by atoms with Crippen LogP contribution in [0.3, 0.4) is 0 Å². The highest BCUT2D eigenvalue weighted by molar-refractivity contribution is 7.26. The first kappa shape index (κ1) is 35.4. The van der Waals surface area contributed by atoms with Gasteiger partial charge >= 0.3 is 0 Å². The number of anilines is 6. The van der Waals surface area contributed by atoms with Crippen molar-refractivity contribution in [3.63, 3.8) is 0 Å². The molecule has 62 heavy (non-hydrogen) atoms. The number of hydrogen-bond acceptors (Lipinski definition) is 3. The van der Waals surface area contributed by atoms with Gasteiger partial charge in [-0.05, 0) is 149 Å². The number of benzene rings is 6. The smallest absolute Gasteiger partial charge is 0.254 e. The van der Waals surface area contributed by atoms with Crippen LogP contribution < -0.4 is 26.2 Å². The average molecular weight is 836 g/mol. The summed E-state index contributed by atoms with van der Waals surface area (Å²) in [5.41, 5.74) is 15.8. The predicted octanol–water partition coefficient (Wildman–Crippen LogP) is 14.9. The Hall–Kier alpha value is -5.06. The molecule has 2 aliphatic heterocycles. The largest absolute Gasteiger partial charge is 0.311 e. The Morgan fingerprint density at radius 1 is 0.532 bits per heavy atom. The van der Waals surface area contributed by atoms with Crippen molar-refractivity contribution < 1.29 is 6.85 Å². The fraction of sp³-hybridized carbons (Fsp3) is 0.345. The molecule has 0 N–H and O–H groups in total. The molecule has 0 radical (unpaired) electrons. The molecule has 4 heteroatoms. The Morgan fingerprint density at radius 2 is 1.03 bits per heavy atom. The third-order valence-corrected chi connectivity index (χ3v) is 15.5. The van der Waals surface area contributed by atoms with E-state index in [1.165, 1.54) is 48.8 Å². The van der Waals surface area contributed by atoms with Gasteiger partial charge in [0.05, 0.1) is 11.9 Å². The van der Waals surface area contributed by atoms with Crippen LogP contribution >= 0.6 is 11.3 Å². The van der Waals surface area contributed by atoms with Crippen LogP contribution in [0.5, 0.6) is 0 Å². The molecule has 314 valence electrons. The number of rotatable bonds is 3. The molecule has 0 fully saturated rings.